The van der Waals surface area contributed by atoms with E-state index in [-0.39, 0.29) is 6.04 Å². The summed E-state index contributed by atoms with van der Waals surface area (Å²) < 4.78 is 18.3. The standard InChI is InChI=1S/C20H26N6O3/c1-24-8-10-25(11-9-24)19(15-6-7-17(27-2)18(13-15)28-3)20-21-22-23-26(20)14-16-5-4-12-29-16/h4-7,12-13,19H,8-11,14H2,1-3H3/p+2/t19-/m1/s1. The average molecular weight is 400 g/mol. The van der Waals surface area contributed by atoms with Crippen LogP contribution in [-0.4, -0.2) is 67.7 Å². The number of likely N-dealkylation sites (N-methyl/N-ethyl adjacent to an activating group) is 1. The van der Waals surface area contributed by atoms with Crippen molar-refractivity contribution in [2.45, 2.75) is 12.6 Å². The van der Waals surface area contributed by atoms with E-state index in [0.29, 0.717) is 18.0 Å². The quantitative estimate of drug-likeness (QED) is 0.520. The highest BCUT2D eigenvalue weighted by molar-refractivity contribution is 5.44. The zero-order valence-corrected chi connectivity index (χ0v) is 17.1. The number of furan rings is 1. The Kier molecular flexibility index (Phi) is 5.77. The van der Waals surface area contributed by atoms with Crippen LogP contribution in [-0.2, 0) is 6.54 Å². The molecular weight excluding hydrogens is 372 g/mol. The first kappa shape index (κ1) is 19.4. The van der Waals surface area contributed by atoms with Crippen molar-refractivity contribution in [3.63, 3.8) is 0 Å². The summed E-state index contributed by atoms with van der Waals surface area (Å²) in [6.07, 6.45) is 1.67. The molecule has 0 amide bonds. The van der Waals surface area contributed by atoms with Gasteiger partial charge in [-0.05, 0) is 40.8 Å². The molecule has 1 aromatic carbocycles. The molecule has 1 aliphatic heterocycles. The van der Waals surface area contributed by atoms with Gasteiger partial charge in [0.05, 0.1) is 27.5 Å². The van der Waals surface area contributed by atoms with E-state index in [1.54, 1.807) is 25.4 Å². The van der Waals surface area contributed by atoms with Gasteiger partial charge < -0.3 is 23.7 Å². The van der Waals surface area contributed by atoms with Crippen molar-refractivity contribution in [3.8, 4) is 11.5 Å². The van der Waals surface area contributed by atoms with Gasteiger partial charge in [-0.15, -0.1) is 5.10 Å². The molecule has 0 aliphatic carbocycles. The molecule has 2 aromatic heterocycles. The number of benzene rings is 1. The average Bonchev–Trinajstić information content (AvgIpc) is 3.42. The Morgan fingerprint density at radius 3 is 2.59 bits per heavy atom. The summed E-state index contributed by atoms with van der Waals surface area (Å²) in [5, 5.41) is 12.7. The fourth-order valence-electron chi connectivity index (χ4n) is 3.97. The van der Waals surface area contributed by atoms with Crippen molar-refractivity contribution in [3.05, 3.63) is 53.7 Å². The van der Waals surface area contributed by atoms with Crippen LogP contribution in [0.5, 0.6) is 11.5 Å². The van der Waals surface area contributed by atoms with Crippen LogP contribution in [0.15, 0.2) is 41.0 Å². The maximum Gasteiger partial charge on any atom is 0.214 e. The fourth-order valence-corrected chi connectivity index (χ4v) is 3.97. The van der Waals surface area contributed by atoms with E-state index < -0.39 is 0 Å². The number of hydrogen-bond acceptors (Lipinski definition) is 6. The van der Waals surface area contributed by atoms with Crippen molar-refractivity contribution in [1.29, 1.82) is 0 Å². The molecule has 9 heteroatoms. The van der Waals surface area contributed by atoms with E-state index in [4.69, 9.17) is 13.9 Å². The fraction of sp³-hybridized carbons (Fsp3) is 0.450. The van der Waals surface area contributed by atoms with E-state index in [0.717, 1.165) is 43.3 Å². The summed E-state index contributed by atoms with van der Waals surface area (Å²) in [5.41, 5.74) is 1.10. The molecule has 2 N–H and O–H groups in total. The lowest BCUT2D eigenvalue weighted by molar-refractivity contribution is -1.02. The summed E-state index contributed by atoms with van der Waals surface area (Å²) in [5.74, 6) is 3.06. The van der Waals surface area contributed by atoms with Gasteiger partial charge in [-0.1, -0.05) is 0 Å². The number of aromatic nitrogens is 4. The van der Waals surface area contributed by atoms with E-state index >= 15 is 0 Å². The topological polar surface area (TPSA) is 84.1 Å². The Morgan fingerprint density at radius 2 is 1.90 bits per heavy atom. The second-order valence-corrected chi connectivity index (χ2v) is 7.44. The monoisotopic (exact) mass is 400 g/mol. The molecule has 1 saturated heterocycles. The van der Waals surface area contributed by atoms with Gasteiger partial charge in [0.2, 0.25) is 5.82 Å². The van der Waals surface area contributed by atoms with Crippen LogP contribution in [0.4, 0.5) is 0 Å². The van der Waals surface area contributed by atoms with E-state index in [9.17, 15) is 0 Å². The van der Waals surface area contributed by atoms with Crippen molar-refractivity contribution >= 4 is 0 Å². The van der Waals surface area contributed by atoms with Crippen LogP contribution in [0.3, 0.4) is 0 Å². The lowest BCUT2D eigenvalue weighted by Crippen LogP contribution is -3.27. The maximum absolute atomic E-state index is 5.55. The van der Waals surface area contributed by atoms with E-state index in [2.05, 4.69) is 28.6 Å². The second kappa shape index (κ2) is 8.62. The Labute approximate surface area is 169 Å². The molecule has 1 atom stereocenters. The number of nitrogens with zero attached hydrogens (tertiary/aromatic N) is 4. The number of piperazine rings is 1. The van der Waals surface area contributed by atoms with Crippen molar-refractivity contribution in [2.24, 2.45) is 0 Å². The summed E-state index contributed by atoms with van der Waals surface area (Å²) in [4.78, 5) is 2.99. The molecule has 4 rings (SSSR count). The lowest BCUT2D eigenvalue weighted by atomic mass is 10.0. The van der Waals surface area contributed by atoms with Crippen molar-refractivity contribution in [1.82, 2.24) is 20.2 Å². The van der Waals surface area contributed by atoms with Gasteiger partial charge in [0.25, 0.3) is 0 Å². The molecular formula is C20H28N6O3+2. The first-order chi connectivity index (χ1) is 14.2. The third-order valence-electron chi connectivity index (χ3n) is 5.60. The van der Waals surface area contributed by atoms with E-state index in [1.165, 1.54) is 4.90 Å². The largest absolute Gasteiger partial charge is 0.493 e. The summed E-state index contributed by atoms with van der Waals surface area (Å²) in [6, 6.07) is 9.86. The molecule has 0 unspecified atom stereocenters. The van der Waals surface area contributed by atoms with Crippen molar-refractivity contribution in [2.75, 3.05) is 47.4 Å². The highest BCUT2D eigenvalue weighted by Crippen LogP contribution is 2.31. The molecule has 0 bridgehead atoms. The normalized spacial score (nSPS) is 20.4. The number of quaternary nitrogens is 2. The minimum atomic E-state index is -0.00660. The first-order valence-electron chi connectivity index (χ1n) is 9.86. The Morgan fingerprint density at radius 1 is 1.10 bits per heavy atom. The van der Waals surface area contributed by atoms with Gasteiger partial charge in [0.15, 0.2) is 17.5 Å². The van der Waals surface area contributed by atoms with Crippen LogP contribution in [0.25, 0.3) is 0 Å². The Balaban J connectivity index is 1.73. The Bertz CT molecular complexity index is 918. The molecule has 3 aromatic rings. The van der Waals surface area contributed by atoms with Crippen LogP contribution >= 0.6 is 0 Å². The van der Waals surface area contributed by atoms with Gasteiger partial charge >= 0.3 is 0 Å². The number of methoxy groups -OCH3 is 2. The molecule has 1 fully saturated rings. The predicted octanol–water partition coefficient (Wildman–Crippen LogP) is -1.17. The SMILES string of the molecule is COc1ccc([C@H](c2nnnn2Cc2ccco2)[NH+]2CC[NH+](C)CC2)cc1OC. The molecule has 9 nitrogen and oxygen atoms in total. The highest BCUT2D eigenvalue weighted by Gasteiger charge is 2.35. The van der Waals surface area contributed by atoms with Crippen molar-refractivity contribution < 1.29 is 23.7 Å². The molecule has 154 valence electrons. The molecule has 0 spiro atoms. The molecule has 0 radical (unpaired) electrons. The van der Waals surface area contributed by atoms with Gasteiger partial charge in [0, 0.05) is 5.56 Å². The molecule has 0 saturated carbocycles. The number of tetrazole rings is 1. The first-order valence-corrected chi connectivity index (χ1v) is 9.86. The molecule has 1 aliphatic rings. The third-order valence-corrected chi connectivity index (χ3v) is 5.60. The van der Waals surface area contributed by atoms with Gasteiger partial charge in [0.1, 0.15) is 38.5 Å². The third kappa shape index (κ3) is 4.10. The number of rotatable bonds is 7. The maximum atomic E-state index is 5.55. The predicted molar refractivity (Wildman–Crippen MR) is 104 cm³/mol. The summed E-state index contributed by atoms with van der Waals surface area (Å²) >= 11 is 0. The Hall–Kier alpha value is -2.91. The van der Waals surface area contributed by atoms with Crippen LogP contribution in [0.1, 0.15) is 23.2 Å². The van der Waals surface area contributed by atoms with Crippen LogP contribution < -0.4 is 19.3 Å². The summed E-state index contributed by atoms with van der Waals surface area (Å²) in [7, 11) is 5.54. The second-order valence-electron chi connectivity index (χ2n) is 7.44. The zero-order chi connectivity index (χ0) is 20.2. The number of hydrogen-bond donors (Lipinski definition) is 2. The summed E-state index contributed by atoms with van der Waals surface area (Å²) in [6.45, 7) is 4.80. The van der Waals surface area contributed by atoms with Crippen LogP contribution in [0, 0.1) is 0 Å². The zero-order valence-electron chi connectivity index (χ0n) is 17.1. The lowest BCUT2D eigenvalue weighted by Gasteiger charge is -2.33. The molecule has 29 heavy (non-hydrogen) atoms. The number of nitrogens with one attached hydrogen (secondary N) is 2. The van der Waals surface area contributed by atoms with Crippen LogP contribution in [0.2, 0.25) is 0 Å². The van der Waals surface area contributed by atoms with E-state index in [1.807, 2.05) is 28.9 Å². The highest BCUT2D eigenvalue weighted by atomic mass is 16.5. The smallest absolute Gasteiger partial charge is 0.214 e. The van der Waals surface area contributed by atoms with Gasteiger partial charge in [-0.3, -0.25) is 0 Å². The molecule has 3 heterocycles. The van der Waals surface area contributed by atoms with Gasteiger partial charge in [-0.2, -0.15) is 0 Å². The minimum absolute atomic E-state index is 0.00660. The van der Waals surface area contributed by atoms with Gasteiger partial charge in [-0.25, -0.2) is 4.68 Å². The number of ether oxygens (including phenoxy) is 2. The minimum Gasteiger partial charge on any atom is -0.493 e.